The number of amides is 1. The average molecular weight is 413 g/mol. The van der Waals surface area contributed by atoms with Gasteiger partial charge >= 0.3 is 0 Å². The summed E-state index contributed by atoms with van der Waals surface area (Å²) >= 11 is 7.72. The summed E-state index contributed by atoms with van der Waals surface area (Å²) in [7, 11) is 0. The number of thiazole rings is 1. The number of carbonyl (C=O) groups is 1. The zero-order valence-electron chi connectivity index (χ0n) is 15.3. The Hall–Kier alpha value is -2.28. The van der Waals surface area contributed by atoms with Crippen LogP contribution < -0.4 is 5.32 Å². The van der Waals surface area contributed by atoms with E-state index in [-0.39, 0.29) is 11.9 Å². The molecule has 0 saturated carbocycles. The van der Waals surface area contributed by atoms with Crippen molar-refractivity contribution in [3.63, 3.8) is 0 Å². The minimum absolute atomic E-state index is 0.0333. The van der Waals surface area contributed by atoms with Crippen LogP contribution in [0.2, 0.25) is 5.02 Å². The van der Waals surface area contributed by atoms with Crippen molar-refractivity contribution in [2.45, 2.75) is 25.3 Å². The summed E-state index contributed by atoms with van der Waals surface area (Å²) in [5.74, 6) is -0.0333. The fourth-order valence-electron chi connectivity index (χ4n) is 3.60. The Labute approximate surface area is 173 Å². The number of carbonyl (C=O) groups excluding carboxylic acids is 1. The van der Waals surface area contributed by atoms with Gasteiger partial charge in [0.2, 0.25) is 5.91 Å². The molecule has 1 N–H and O–H groups in total. The zero-order valence-corrected chi connectivity index (χ0v) is 16.9. The van der Waals surface area contributed by atoms with Crippen LogP contribution in [0.25, 0.3) is 0 Å². The summed E-state index contributed by atoms with van der Waals surface area (Å²) in [5.41, 5.74) is 3.08. The summed E-state index contributed by atoms with van der Waals surface area (Å²) in [6.45, 7) is 1.24. The highest BCUT2D eigenvalue weighted by atomic mass is 35.5. The minimum Gasteiger partial charge on any atom is -0.301 e. The molecule has 1 aliphatic rings. The molecule has 5 nitrogen and oxygen atoms in total. The number of benzene rings is 1. The van der Waals surface area contributed by atoms with E-state index in [9.17, 15) is 4.79 Å². The fraction of sp³-hybridized carbons (Fsp3) is 0.286. The number of hydrogen-bond donors (Lipinski definition) is 1. The third-order valence-electron chi connectivity index (χ3n) is 4.89. The second kappa shape index (κ2) is 8.82. The molecule has 7 heteroatoms. The van der Waals surface area contributed by atoms with Gasteiger partial charge in [-0.05, 0) is 43.1 Å². The van der Waals surface area contributed by atoms with E-state index in [2.05, 4.69) is 21.3 Å². The highest BCUT2D eigenvalue weighted by molar-refractivity contribution is 7.13. The van der Waals surface area contributed by atoms with E-state index < -0.39 is 0 Å². The molecule has 1 saturated heterocycles. The number of rotatable bonds is 6. The van der Waals surface area contributed by atoms with Crippen molar-refractivity contribution in [3.8, 4) is 0 Å². The second-order valence-corrected chi connectivity index (χ2v) is 8.14. The number of pyridine rings is 1. The van der Waals surface area contributed by atoms with Crippen LogP contribution in [0.3, 0.4) is 0 Å². The van der Waals surface area contributed by atoms with E-state index in [1.165, 1.54) is 11.3 Å². The predicted octanol–water partition coefficient (Wildman–Crippen LogP) is 4.56. The largest absolute Gasteiger partial charge is 0.301 e. The van der Waals surface area contributed by atoms with Crippen LogP contribution in [0, 0.1) is 0 Å². The highest BCUT2D eigenvalue weighted by Crippen LogP contribution is 2.31. The lowest BCUT2D eigenvalue weighted by atomic mass is 10.1. The van der Waals surface area contributed by atoms with Crippen LogP contribution in [0.5, 0.6) is 0 Å². The van der Waals surface area contributed by atoms with Crippen molar-refractivity contribution in [2.75, 3.05) is 18.4 Å². The normalized spacial score (nSPS) is 17.0. The van der Waals surface area contributed by atoms with Gasteiger partial charge in [0.25, 0.3) is 0 Å². The summed E-state index contributed by atoms with van der Waals surface area (Å²) in [6.07, 6.45) is 4.46. The van der Waals surface area contributed by atoms with E-state index in [1.54, 1.807) is 6.20 Å². The minimum atomic E-state index is -0.0333. The van der Waals surface area contributed by atoms with Crippen LogP contribution in [0.1, 0.15) is 35.8 Å². The molecule has 1 aliphatic heterocycles. The zero-order chi connectivity index (χ0) is 19.3. The van der Waals surface area contributed by atoms with Crippen LogP contribution >= 0.6 is 22.9 Å². The van der Waals surface area contributed by atoms with Crippen LogP contribution in [-0.2, 0) is 11.2 Å². The van der Waals surface area contributed by atoms with Crippen molar-refractivity contribution in [1.29, 1.82) is 0 Å². The van der Waals surface area contributed by atoms with Gasteiger partial charge in [0.15, 0.2) is 5.13 Å². The Bertz CT molecular complexity index is 947. The number of likely N-dealkylation sites (tertiary alicyclic amines) is 1. The lowest BCUT2D eigenvalue weighted by molar-refractivity contribution is -0.117. The van der Waals surface area contributed by atoms with E-state index in [4.69, 9.17) is 16.6 Å². The molecule has 0 spiro atoms. The molecule has 28 heavy (non-hydrogen) atoms. The Morgan fingerprint density at radius 1 is 1.25 bits per heavy atom. The number of hydrogen-bond acceptors (Lipinski definition) is 5. The molecule has 1 fully saturated rings. The maximum absolute atomic E-state index is 12.4. The SMILES string of the molecule is O=C(CN1CCC[C@H]1c1cccc(Cc2ccccc2Cl)n1)Nc1nccs1. The number of aromatic nitrogens is 2. The van der Waals surface area contributed by atoms with Crippen molar-refractivity contribution in [2.24, 2.45) is 0 Å². The summed E-state index contributed by atoms with van der Waals surface area (Å²) in [4.78, 5) is 23.6. The second-order valence-electron chi connectivity index (χ2n) is 6.84. The van der Waals surface area contributed by atoms with Crippen molar-refractivity contribution in [3.05, 3.63) is 76.0 Å². The molecule has 4 rings (SSSR count). The standard InChI is InChI=1S/C21H21ClN4OS/c22-17-7-2-1-5-15(17)13-16-6-3-8-18(24-16)19-9-4-11-26(19)14-20(27)25-21-23-10-12-28-21/h1-3,5-8,10,12,19H,4,9,11,13-14H2,(H,23,25,27)/t19-/m0/s1. The molecule has 0 aliphatic carbocycles. The quantitative estimate of drug-likeness (QED) is 0.644. The number of anilines is 1. The lowest BCUT2D eigenvalue weighted by Gasteiger charge is -2.23. The fourth-order valence-corrected chi connectivity index (χ4v) is 4.35. The Morgan fingerprint density at radius 3 is 2.96 bits per heavy atom. The third kappa shape index (κ3) is 4.58. The highest BCUT2D eigenvalue weighted by Gasteiger charge is 2.28. The maximum Gasteiger partial charge on any atom is 0.240 e. The maximum atomic E-state index is 12.4. The van der Waals surface area contributed by atoms with Crippen LogP contribution in [0.4, 0.5) is 5.13 Å². The van der Waals surface area contributed by atoms with Crippen molar-refractivity contribution in [1.82, 2.24) is 14.9 Å². The van der Waals surface area contributed by atoms with Crippen molar-refractivity contribution < 1.29 is 4.79 Å². The van der Waals surface area contributed by atoms with E-state index >= 15 is 0 Å². The number of halogens is 1. The monoisotopic (exact) mass is 412 g/mol. The van der Waals surface area contributed by atoms with Gasteiger partial charge in [0, 0.05) is 28.7 Å². The Balaban J connectivity index is 1.45. The van der Waals surface area contributed by atoms with E-state index in [1.807, 2.05) is 41.8 Å². The molecule has 0 bridgehead atoms. The van der Waals surface area contributed by atoms with Gasteiger partial charge in [-0.3, -0.25) is 14.7 Å². The van der Waals surface area contributed by atoms with Gasteiger partial charge in [0.05, 0.1) is 18.3 Å². The first-order valence-electron chi connectivity index (χ1n) is 9.31. The molecule has 0 unspecified atom stereocenters. The van der Waals surface area contributed by atoms with Gasteiger partial charge in [-0.15, -0.1) is 11.3 Å². The third-order valence-corrected chi connectivity index (χ3v) is 5.95. The molecule has 3 heterocycles. The van der Waals surface area contributed by atoms with Crippen molar-refractivity contribution >= 4 is 34.0 Å². The molecule has 1 aromatic carbocycles. The molecule has 1 atom stereocenters. The first-order valence-corrected chi connectivity index (χ1v) is 10.6. The topological polar surface area (TPSA) is 58.1 Å². The molecule has 3 aromatic rings. The van der Waals surface area contributed by atoms with Gasteiger partial charge in [0.1, 0.15) is 0 Å². The average Bonchev–Trinajstić information content (AvgIpc) is 3.36. The first-order chi connectivity index (χ1) is 13.7. The predicted molar refractivity (Wildman–Crippen MR) is 113 cm³/mol. The summed E-state index contributed by atoms with van der Waals surface area (Å²) in [6, 6.07) is 14.1. The molecule has 2 aromatic heterocycles. The molecule has 1 amide bonds. The number of nitrogens with one attached hydrogen (secondary N) is 1. The summed E-state index contributed by atoms with van der Waals surface area (Å²) < 4.78 is 0. The molecular formula is C21H21ClN4OS. The Morgan fingerprint density at radius 2 is 2.14 bits per heavy atom. The first kappa shape index (κ1) is 19.1. The molecular weight excluding hydrogens is 392 g/mol. The molecule has 0 radical (unpaired) electrons. The number of nitrogens with zero attached hydrogens (tertiary/aromatic N) is 3. The smallest absolute Gasteiger partial charge is 0.240 e. The Kier molecular flexibility index (Phi) is 6.00. The molecule has 144 valence electrons. The summed E-state index contributed by atoms with van der Waals surface area (Å²) in [5, 5.41) is 6.11. The van der Waals surface area contributed by atoms with Gasteiger partial charge < -0.3 is 5.32 Å². The van der Waals surface area contributed by atoms with Gasteiger partial charge in [-0.1, -0.05) is 35.9 Å². The van der Waals surface area contributed by atoms with E-state index in [0.29, 0.717) is 18.1 Å². The van der Waals surface area contributed by atoms with Gasteiger partial charge in [-0.25, -0.2) is 4.98 Å². The lowest BCUT2D eigenvalue weighted by Crippen LogP contribution is -2.33. The van der Waals surface area contributed by atoms with Crippen LogP contribution in [0.15, 0.2) is 54.0 Å². The van der Waals surface area contributed by atoms with E-state index in [0.717, 1.165) is 41.4 Å². The van der Waals surface area contributed by atoms with Crippen LogP contribution in [-0.4, -0.2) is 33.9 Å². The van der Waals surface area contributed by atoms with Gasteiger partial charge in [-0.2, -0.15) is 0 Å².